The van der Waals surface area contributed by atoms with Gasteiger partial charge >= 0.3 is 0 Å². The maximum atomic E-state index is 13.4. The minimum atomic E-state index is -3.76. The number of amides is 1. The lowest BCUT2D eigenvalue weighted by atomic mass is 9.97. The molecular formula is C25H33N3O5S. The number of rotatable bonds is 6. The minimum absolute atomic E-state index is 0.0467. The first kappa shape index (κ1) is 24.3. The summed E-state index contributed by atoms with van der Waals surface area (Å²) in [5.74, 6) is 0.865. The van der Waals surface area contributed by atoms with Crippen LogP contribution in [-0.2, 0) is 14.8 Å². The molecule has 2 heterocycles. The molecule has 184 valence electrons. The highest BCUT2D eigenvalue weighted by molar-refractivity contribution is 7.89. The van der Waals surface area contributed by atoms with Gasteiger partial charge in [0.15, 0.2) is 0 Å². The summed E-state index contributed by atoms with van der Waals surface area (Å²) in [6.45, 7) is 5.21. The molecule has 2 saturated heterocycles. The van der Waals surface area contributed by atoms with Crippen molar-refractivity contribution in [1.29, 1.82) is 0 Å². The predicted molar refractivity (Wildman–Crippen MR) is 131 cm³/mol. The van der Waals surface area contributed by atoms with Crippen molar-refractivity contribution in [3.63, 3.8) is 0 Å². The van der Waals surface area contributed by atoms with Gasteiger partial charge in [-0.15, -0.1) is 0 Å². The molecule has 0 bridgehead atoms. The number of sulfonamides is 1. The monoisotopic (exact) mass is 487 g/mol. The summed E-state index contributed by atoms with van der Waals surface area (Å²) < 4.78 is 38.8. The highest BCUT2D eigenvalue weighted by Crippen LogP contribution is 2.31. The summed E-state index contributed by atoms with van der Waals surface area (Å²) in [7, 11) is -0.639. The normalized spacial score (nSPS) is 19.7. The standard InChI is InChI=1S/C25H33N3O5S/c1-19-6-11-23(33-3)24(17-19)34(30,31)28-12-4-5-20(18-28)25(29)27-15-13-26(14-16-27)21-7-9-22(32-2)10-8-21/h6-11,17,20H,4-5,12-16,18H2,1-3H3/t20-/m0/s1. The SMILES string of the molecule is COc1ccc(N2CCN(C(=O)[C@H]3CCCN(S(=O)(=O)c4cc(C)ccc4OC)C3)CC2)cc1. The number of carbonyl (C=O) groups excluding carboxylic acids is 1. The molecule has 0 unspecified atom stereocenters. The molecule has 0 saturated carbocycles. The first-order valence-electron chi connectivity index (χ1n) is 11.7. The van der Waals surface area contributed by atoms with Crippen LogP contribution in [0.2, 0.25) is 0 Å². The second-order valence-electron chi connectivity index (χ2n) is 8.87. The highest BCUT2D eigenvalue weighted by Gasteiger charge is 2.37. The molecule has 0 N–H and O–H groups in total. The Kier molecular flexibility index (Phi) is 7.33. The van der Waals surface area contributed by atoms with Gasteiger partial charge in [0.2, 0.25) is 15.9 Å². The van der Waals surface area contributed by atoms with Gasteiger partial charge in [-0.2, -0.15) is 4.31 Å². The van der Waals surface area contributed by atoms with E-state index in [2.05, 4.69) is 4.90 Å². The van der Waals surface area contributed by atoms with Gasteiger partial charge in [0.25, 0.3) is 0 Å². The van der Waals surface area contributed by atoms with E-state index in [1.54, 1.807) is 19.2 Å². The number of hydrogen-bond acceptors (Lipinski definition) is 6. The smallest absolute Gasteiger partial charge is 0.246 e. The maximum absolute atomic E-state index is 13.4. The number of aryl methyl sites for hydroxylation is 1. The Morgan fingerprint density at radius 3 is 2.29 bits per heavy atom. The molecule has 8 nitrogen and oxygen atoms in total. The third-order valence-electron chi connectivity index (χ3n) is 6.70. The summed E-state index contributed by atoms with van der Waals surface area (Å²) in [4.78, 5) is 17.6. The molecule has 1 amide bonds. The van der Waals surface area contributed by atoms with E-state index in [4.69, 9.17) is 9.47 Å². The van der Waals surface area contributed by atoms with Gasteiger partial charge in [0.1, 0.15) is 16.4 Å². The van der Waals surface area contributed by atoms with Crippen molar-refractivity contribution in [2.24, 2.45) is 5.92 Å². The van der Waals surface area contributed by atoms with Crippen LogP contribution in [-0.4, -0.2) is 77.0 Å². The Morgan fingerprint density at radius 2 is 1.65 bits per heavy atom. The molecule has 2 aromatic carbocycles. The average molecular weight is 488 g/mol. The topological polar surface area (TPSA) is 79.4 Å². The Labute approximate surface area is 202 Å². The largest absolute Gasteiger partial charge is 0.497 e. The van der Waals surface area contributed by atoms with Gasteiger partial charge in [-0.05, 0) is 61.7 Å². The number of hydrogen-bond donors (Lipinski definition) is 0. The van der Waals surface area contributed by atoms with Crippen LogP contribution in [0.3, 0.4) is 0 Å². The van der Waals surface area contributed by atoms with E-state index >= 15 is 0 Å². The first-order chi connectivity index (χ1) is 16.3. The lowest BCUT2D eigenvalue weighted by Gasteiger charge is -2.39. The van der Waals surface area contributed by atoms with Crippen LogP contribution in [0.25, 0.3) is 0 Å². The van der Waals surface area contributed by atoms with Crippen molar-refractivity contribution in [2.45, 2.75) is 24.7 Å². The van der Waals surface area contributed by atoms with Gasteiger partial charge in [0.05, 0.1) is 20.1 Å². The molecule has 2 aliphatic heterocycles. The number of methoxy groups -OCH3 is 2. The van der Waals surface area contributed by atoms with Crippen molar-refractivity contribution < 1.29 is 22.7 Å². The van der Waals surface area contributed by atoms with E-state index in [1.165, 1.54) is 11.4 Å². The number of nitrogens with zero attached hydrogens (tertiary/aromatic N) is 3. The Balaban J connectivity index is 1.40. The highest BCUT2D eigenvalue weighted by atomic mass is 32.2. The van der Waals surface area contributed by atoms with Crippen molar-refractivity contribution in [1.82, 2.24) is 9.21 Å². The zero-order valence-corrected chi connectivity index (χ0v) is 20.9. The van der Waals surface area contributed by atoms with Crippen LogP contribution in [0.4, 0.5) is 5.69 Å². The van der Waals surface area contributed by atoms with Crippen molar-refractivity contribution >= 4 is 21.6 Å². The lowest BCUT2D eigenvalue weighted by molar-refractivity contribution is -0.137. The summed E-state index contributed by atoms with van der Waals surface area (Å²) >= 11 is 0. The van der Waals surface area contributed by atoms with Gasteiger partial charge < -0.3 is 19.3 Å². The van der Waals surface area contributed by atoms with Crippen LogP contribution in [0.1, 0.15) is 18.4 Å². The second-order valence-corrected chi connectivity index (χ2v) is 10.8. The molecule has 2 aliphatic rings. The molecule has 2 aromatic rings. The number of piperidine rings is 1. The average Bonchev–Trinajstić information content (AvgIpc) is 2.88. The van der Waals surface area contributed by atoms with Crippen molar-refractivity contribution in [3.05, 3.63) is 48.0 Å². The van der Waals surface area contributed by atoms with Crippen LogP contribution < -0.4 is 14.4 Å². The Hall–Kier alpha value is -2.78. The quantitative estimate of drug-likeness (QED) is 0.624. The molecule has 2 fully saturated rings. The number of piperazine rings is 1. The molecule has 9 heteroatoms. The zero-order chi connectivity index (χ0) is 24.3. The van der Waals surface area contributed by atoms with Gasteiger partial charge in [0, 0.05) is 45.0 Å². The zero-order valence-electron chi connectivity index (χ0n) is 20.1. The van der Waals surface area contributed by atoms with Crippen molar-refractivity contribution in [2.75, 3.05) is 58.4 Å². The molecule has 0 radical (unpaired) electrons. The molecule has 0 aromatic heterocycles. The third-order valence-corrected chi connectivity index (χ3v) is 8.59. The molecular weight excluding hydrogens is 454 g/mol. The fourth-order valence-electron chi connectivity index (χ4n) is 4.72. The number of anilines is 1. The van der Waals surface area contributed by atoms with Crippen molar-refractivity contribution in [3.8, 4) is 11.5 Å². The third kappa shape index (κ3) is 5.00. The summed E-state index contributed by atoms with van der Waals surface area (Å²) in [6, 6.07) is 13.1. The van der Waals surface area contributed by atoms with E-state index in [1.807, 2.05) is 42.2 Å². The van der Waals surface area contributed by atoms with E-state index in [-0.39, 0.29) is 23.3 Å². The second kappa shape index (κ2) is 10.2. The first-order valence-corrected chi connectivity index (χ1v) is 13.1. The van der Waals surface area contributed by atoms with Gasteiger partial charge in [-0.25, -0.2) is 8.42 Å². The predicted octanol–water partition coefficient (Wildman–Crippen LogP) is 2.76. The van der Waals surface area contributed by atoms with Gasteiger partial charge in [-0.3, -0.25) is 4.79 Å². The Bertz CT molecular complexity index is 1110. The summed E-state index contributed by atoms with van der Waals surface area (Å²) in [5.41, 5.74) is 1.95. The van der Waals surface area contributed by atoms with Crippen LogP contribution in [0.15, 0.2) is 47.4 Å². The van der Waals surface area contributed by atoms with Crippen LogP contribution >= 0.6 is 0 Å². The van der Waals surface area contributed by atoms with E-state index in [0.29, 0.717) is 38.2 Å². The van der Waals surface area contributed by atoms with E-state index < -0.39 is 10.0 Å². The molecule has 4 rings (SSSR count). The number of ether oxygens (including phenoxy) is 2. The summed E-state index contributed by atoms with van der Waals surface area (Å²) in [6.07, 6.45) is 1.37. The molecule has 1 atom stereocenters. The van der Waals surface area contributed by atoms with Gasteiger partial charge in [-0.1, -0.05) is 6.07 Å². The van der Waals surface area contributed by atoms with E-state index in [0.717, 1.165) is 30.1 Å². The summed E-state index contributed by atoms with van der Waals surface area (Å²) in [5, 5.41) is 0. The van der Waals surface area contributed by atoms with Crippen LogP contribution in [0.5, 0.6) is 11.5 Å². The minimum Gasteiger partial charge on any atom is -0.497 e. The maximum Gasteiger partial charge on any atom is 0.246 e. The number of carbonyl (C=O) groups is 1. The number of benzene rings is 2. The van der Waals surface area contributed by atoms with E-state index in [9.17, 15) is 13.2 Å². The molecule has 0 aliphatic carbocycles. The Morgan fingerprint density at radius 1 is 0.941 bits per heavy atom. The molecule has 34 heavy (non-hydrogen) atoms. The fraction of sp³-hybridized carbons (Fsp3) is 0.480. The lowest BCUT2D eigenvalue weighted by Crippen LogP contribution is -2.53. The fourth-order valence-corrected chi connectivity index (χ4v) is 6.49. The van der Waals surface area contributed by atoms with Crippen LogP contribution in [0, 0.1) is 12.8 Å². The molecule has 0 spiro atoms.